The minimum absolute atomic E-state index is 0.000926. The van der Waals surface area contributed by atoms with E-state index < -0.39 is 12.1 Å². The molecule has 78 valence electrons. The quantitative estimate of drug-likeness (QED) is 0.646. The van der Waals surface area contributed by atoms with E-state index >= 15 is 0 Å². The standard InChI is InChI=1S/C10H20O3/c1-4-6-7-8(3)9(11)10(12)13-5-2/h8-9,11H,4-7H2,1-3H3. The van der Waals surface area contributed by atoms with Crippen molar-refractivity contribution in [2.24, 2.45) is 5.92 Å². The van der Waals surface area contributed by atoms with E-state index in [4.69, 9.17) is 4.74 Å². The van der Waals surface area contributed by atoms with Gasteiger partial charge in [0.05, 0.1) is 6.61 Å². The Hall–Kier alpha value is -0.570. The monoisotopic (exact) mass is 188 g/mol. The van der Waals surface area contributed by atoms with Crippen molar-refractivity contribution in [1.82, 2.24) is 0 Å². The summed E-state index contributed by atoms with van der Waals surface area (Å²) in [6.45, 7) is 6.03. The molecule has 3 nitrogen and oxygen atoms in total. The molecule has 0 aliphatic carbocycles. The maximum atomic E-state index is 11.1. The molecule has 1 N–H and O–H groups in total. The fourth-order valence-corrected chi connectivity index (χ4v) is 1.14. The Morgan fingerprint density at radius 3 is 2.54 bits per heavy atom. The molecule has 0 saturated carbocycles. The van der Waals surface area contributed by atoms with E-state index in [1.807, 2.05) is 6.92 Å². The molecule has 0 amide bonds. The van der Waals surface area contributed by atoms with Gasteiger partial charge in [0, 0.05) is 0 Å². The van der Waals surface area contributed by atoms with Crippen molar-refractivity contribution in [1.29, 1.82) is 0 Å². The number of carbonyl (C=O) groups is 1. The van der Waals surface area contributed by atoms with Crippen molar-refractivity contribution in [2.45, 2.75) is 46.1 Å². The van der Waals surface area contributed by atoms with Gasteiger partial charge in [-0.1, -0.05) is 26.7 Å². The molecular formula is C10H20O3. The van der Waals surface area contributed by atoms with Crippen LogP contribution in [0.4, 0.5) is 0 Å². The van der Waals surface area contributed by atoms with E-state index in [2.05, 4.69) is 6.92 Å². The molecule has 0 aliphatic rings. The summed E-state index contributed by atoms with van der Waals surface area (Å²) in [5.74, 6) is -0.495. The van der Waals surface area contributed by atoms with Crippen LogP contribution in [0.2, 0.25) is 0 Å². The Kier molecular flexibility index (Phi) is 6.59. The van der Waals surface area contributed by atoms with Gasteiger partial charge in [-0.3, -0.25) is 0 Å². The fourth-order valence-electron chi connectivity index (χ4n) is 1.14. The van der Waals surface area contributed by atoms with E-state index in [-0.39, 0.29) is 5.92 Å². The minimum atomic E-state index is -0.952. The first-order valence-corrected chi connectivity index (χ1v) is 4.98. The Balaban J connectivity index is 3.79. The summed E-state index contributed by atoms with van der Waals surface area (Å²) in [7, 11) is 0. The summed E-state index contributed by atoms with van der Waals surface area (Å²) in [6.07, 6.45) is 2.04. The number of unbranched alkanes of at least 4 members (excludes halogenated alkanes) is 1. The summed E-state index contributed by atoms with van der Waals surface area (Å²) in [6, 6.07) is 0. The topological polar surface area (TPSA) is 46.5 Å². The molecule has 0 aromatic heterocycles. The highest BCUT2D eigenvalue weighted by Gasteiger charge is 2.22. The SMILES string of the molecule is CCCCC(C)C(O)C(=O)OCC. The van der Waals surface area contributed by atoms with Crippen molar-refractivity contribution >= 4 is 5.97 Å². The third-order valence-electron chi connectivity index (χ3n) is 2.08. The lowest BCUT2D eigenvalue weighted by Gasteiger charge is -2.16. The number of esters is 1. The maximum absolute atomic E-state index is 11.1. The Bertz CT molecular complexity index is 145. The smallest absolute Gasteiger partial charge is 0.335 e. The molecule has 0 bridgehead atoms. The van der Waals surface area contributed by atoms with Crippen molar-refractivity contribution in [3.05, 3.63) is 0 Å². The van der Waals surface area contributed by atoms with E-state index in [1.165, 1.54) is 0 Å². The van der Waals surface area contributed by atoms with Gasteiger partial charge in [-0.15, -0.1) is 0 Å². The van der Waals surface area contributed by atoms with E-state index in [1.54, 1.807) is 6.92 Å². The van der Waals surface area contributed by atoms with Gasteiger partial charge in [0.25, 0.3) is 0 Å². The van der Waals surface area contributed by atoms with Gasteiger partial charge in [0.2, 0.25) is 0 Å². The number of hydrogen-bond acceptors (Lipinski definition) is 3. The lowest BCUT2D eigenvalue weighted by molar-refractivity contribution is -0.155. The lowest BCUT2D eigenvalue weighted by atomic mass is 9.98. The Labute approximate surface area is 80.1 Å². The van der Waals surface area contributed by atoms with Gasteiger partial charge in [0.15, 0.2) is 6.10 Å². The van der Waals surface area contributed by atoms with Crippen LogP contribution in [0.15, 0.2) is 0 Å². The zero-order valence-electron chi connectivity index (χ0n) is 8.75. The van der Waals surface area contributed by atoms with E-state index in [0.717, 1.165) is 19.3 Å². The second kappa shape index (κ2) is 6.89. The van der Waals surface area contributed by atoms with Gasteiger partial charge in [-0.05, 0) is 19.3 Å². The predicted octanol–water partition coefficient (Wildman–Crippen LogP) is 1.74. The zero-order valence-corrected chi connectivity index (χ0v) is 8.75. The highest BCUT2D eigenvalue weighted by atomic mass is 16.5. The molecule has 13 heavy (non-hydrogen) atoms. The molecule has 0 rings (SSSR count). The molecule has 2 unspecified atom stereocenters. The van der Waals surface area contributed by atoms with Gasteiger partial charge in [-0.2, -0.15) is 0 Å². The number of aliphatic hydroxyl groups is 1. The molecular weight excluding hydrogens is 168 g/mol. The summed E-state index contributed by atoms with van der Waals surface area (Å²) in [5.41, 5.74) is 0. The van der Waals surface area contributed by atoms with E-state index in [9.17, 15) is 9.90 Å². The first-order valence-electron chi connectivity index (χ1n) is 4.98. The van der Waals surface area contributed by atoms with Crippen LogP contribution in [0.1, 0.15) is 40.0 Å². The highest BCUT2D eigenvalue weighted by molar-refractivity contribution is 5.74. The third-order valence-corrected chi connectivity index (χ3v) is 2.08. The van der Waals surface area contributed by atoms with Crippen LogP contribution in [0.3, 0.4) is 0 Å². The molecule has 0 fully saturated rings. The maximum Gasteiger partial charge on any atom is 0.335 e. The predicted molar refractivity (Wildman–Crippen MR) is 51.3 cm³/mol. The summed E-state index contributed by atoms with van der Waals surface area (Å²) in [4.78, 5) is 11.1. The molecule has 0 heterocycles. The molecule has 0 aromatic rings. The van der Waals surface area contributed by atoms with Crippen LogP contribution in [-0.4, -0.2) is 23.8 Å². The minimum Gasteiger partial charge on any atom is -0.464 e. The number of hydrogen-bond donors (Lipinski definition) is 1. The Morgan fingerprint density at radius 1 is 1.46 bits per heavy atom. The van der Waals surface area contributed by atoms with Crippen LogP contribution in [0, 0.1) is 5.92 Å². The number of rotatable bonds is 6. The summed E-state index contributed by atoms with van der Waals surface area (Å²) in [5, 5.41) is 9.47. The van der Waals surface area contributed by atoms with Crippen molar-refractivity contribution in [3.8, 4) is 0 Å². The van der Waals surface area contributed by atoms with Crippen molar-refractivity contribution < 1.29 is 14.6 Å². The van der Waals surface area contributed by atoms with Gasteiger partial charge in [-0.25, -0.2) is 4.79 Å². The molecule has 0 spiro atoms. The molecule has 0 saturated heterocycles. The average molecular weight is 188 g/mol. The van der Waals surface area contributed by atoms with E-state index in [0.29, 0.717) is 6.61 Å². The third kappa shape index (κ3) is 4.88. The fraction of sp³-hybridized carbons (Fsp3) is 0.900. The largest absolute Gasteiger partial charge is 0.464 e. The summed E-state index contributed by atoms with van der Waals surface area (Å²) >= 11 is 0. The molecule has 0 aliphatic heterocycles. The van der Waals surface area contributed by atoms with Crippen LogP contribution in [0.25, 0.3) is 0 Å². The zero-order chi connectivity index (χ0) is 10.3. The normalized spacial score (nSPS) is 15.1. The number of ether oxygens (including phenoxy) is 1. The number of carbonyl (C=O) groups excluding carboxylic acids is 1. The van der Waals surface area contributed by atoms with Gasteiger partial charge < -0.3 is 9.84 Å². The van der Waals surface area contributed by atoms with Crippen molar-refractivity contribution in [3.63, 3.8) is 0 Å². The van der Waals surface area contributed by atoms with Gasteiger partial charge in [0.1, 0.15) is 0 Å². The van der Waals surface area contributed by atoms with Crippen LogP contribution >= 0.6 is 0 Å². The van der Waals surface area contributed by atoms with Crippen LogP contribution < -0.4 is 0 Å². The second-order valence-electron chi connectivity index (χ2n) is 3.32. The second-order valence-corrected chi connectivity index (χ2v) is 3.32. The van der Waals surface area contributed by atoms with Crippen molar-refractivity contribution in [2.75, 3.05) is 6.61 Å². The van der Waals surface area contributed by atoms with Gasteiger partial charge >= 0.3 is 5.97 Å². The van der Waals surface area contributed by atoms with Crippen LogP contribution in [0.5, 0.6) is 0 Å². The number of aliphatic hydroxyl groups excluding tert-OH is 1. The highest BCUT2D eigenvalue weighted by Crippen LogP contribution is 2.13. The summed E-state index contributed by atoms with van der Waals surface area (Å²) < 4.78 is 4.72. The average Bonchev–Trinajstić information content (AvgIpc) is 2.13. The first-order chi connectivity index (χ1) is 6.13. The first kappa shape index (κ1) is 12.4. The van der Waals surface area contributed by atoms with Crippen LogP contribution in [-0.2, 0) is 9.53 Å². The molecule has 0 aromatic carbocycles. The molecule has 2 atom stereocenters. The lowest BCUT2D eigenvalue weighted by Crippen LogP contribution is -2.29. The molecule has 3 heteroatoms. The molecule has 0 radical (unpaired) electrons. The Morgan fingerprint density at radius 2 is 2.08 bits per heavy atom.